The first kappa shape index (κ1) is 14.8. The number of methoxy groups -OCH3 is 1. The van der Waals surface area contributed by atoms with E-state index in [2.05, 4.69) is 4.99 Å². The van der Waals surface area contributed by atoms with E-state index in [9.17, 15) is 4.79 Å². The lowest BCUT2D eigenvalue weighted by atomic mass is 9.89. The third-order valence-corrected chi connectivity index (χ3v) is 4.19. The Labute approximate surface area is 134 Å². The van der Waals surface area contributed by atoms with Crippen LogP contribution in [0.2, 0.25) is 5.02 Å². The Kier molecular flexibility index (Phi) is 4.25. The third-order valence-electron chi connectivity index (χ3n) is 3.94. The van der Waals surface area contributed by atoms with Crippen LogP contribution in [-0.4, -0.2) is 24.8 Å². The number of aliphatic imine (C=N–C) groups is 1. The number of hydrogen-bond acceptors (Lipinski definition) is 3. The van der Waals surface area contributed by atoms with Crippen LogP contribution in [0.15, 0.2) is 59.6 Å². The molecule has 22 heavy (non-hydrogen) atoms. The standard InChI is InChI=1S/C18H16ClNO2/c1-22-18(21)17-15(12-5-3-2-4-6-12)11-16(20-17)13-7-9-14(19)10-8-13/h2-10,15,17H,11H2,1H3/t15-,17-/m1/s1. The zero-order valence-electron chi connectivity index (χ0n) is 12.2. The summed E-state index contributed by atoms with van der Waals surface area (Å²) in [5.41, 5.74) is 3.02. The van der Waals surface area contributed by atoms with Crippen molar-refractivity contribution in [2.45, 2.75) is 18.4 Å². The van der Waals surface area contributed by atoms with Crippen LogP contribution in [0.4, 0.5) is 0 Å². The van der Waals surface area contributed by atoms with Gasteiger partial charge in [-0.15, -0.1) is 0 Å². The fourth-order valence-electron chi connectivity index (χ4n) is 2.80. The van der Waals surface area contributed by atoms with E-state index in [1.54, 1.807) is 0 Å². The molecule has 1 heterocycles. The summed E-state index contributed by atoms with van der Waals surface area (Å²) in [5, 5.41) is 0.687. The van der Waals surface area contributed by atoms with Gasteiger partial charge >= 0.3 is 5.97 Å². The average molecular weight is 314 g/mol. The molecule has 112 valence electrons. The van der Waals surface area contributed by atoms with Gasteiger partial charge in [0.25, 0.3) is 0 Å². The molecular weight excluding hydrogens is 298 g/mol. The molecule has 3 nitrogen and oxygen atoms in total. The van der Waals surface area contributed by atoms with Gasteiger partial charge in [-0.05, 0) is 29.7 Å². The number of carbonyl (C=O) groups is 1. The highest BCUT2D eigenvalue weighted by molar-refractivity contribution is 6.30. The lowest BCUT2D eigenvalue weighted by Gasteiger charge is -2.16. The molecule has 2 aromatic carbocycles. The second-order valence-corrected chi connectivity index (χ2v) is 5.71. The fraction of sp³-hybridized carbons (Fsp3) is 0.222. The van der Waals surface area contributed by atoms with Gasteiger partial charge in [-0.3, -0.25) is 4.99 Å². The molecule has 0 spiro atoms. The smallest absolute Gasteiger partial charge is 0.331 e. The number of esters is 1. The third kappa shape index (κ3) is 2.90. The minimum Gasteiger partial charge on any atom is -0.467 e. The van der Waals surface area contributed by atoms with Crippen LogP contribution >= 0.6 is 11.6 Å². The Morgan fingerprint density at radius 2 is 1.82 bits per heavy atom. The van der Waals surface area contributed by atoms with Gasteiger partial charge in [0.1, 0.15) is 0 Å². The van der Waals surface area contributed by atoms with Gasteiger partial charge in [0.2, 0.25) is 0 Å². The van der Waals surface area contributed by atoms with Gasteiger partial charge in [0.15, 0.2) is 6.04 Å². The van der Waals surface area contributed by atoms with Crippen molar-refractivity contribution in [1.29, 1.82) is 0 Å². The maximum Gasteiger partial charge on any atom is 0.331 e. The molecule has 0 amide bonds. The highest BCUT2D eigenvalue weighted by Gasteiger charge is 2.36. The number of ether oxygens (including phenoxy) is 1. The van der Waals surface area contributed by atoms with E-state index < -0.39 is 6.04 Å². The van der Waals surface area contributed by atoms with Gasteiger partial charge < -0.3 is 4.74 Å². The molecule has 0 bridgehead atoms. The Balaban J connectivity index is 1.94. The van der Waals surface area contributed by atoms with Crippen molar-refractivity contribution in [3.63, 3.8) is 0 Å². The summed E-state index contributed by atoms with van der Waals surface area (Å²) in [6.45, 7) is 0. The quantitative estimate of drug-likeness (QED) is 0.807. The highest BCUT2D eigenvalue weighted by Crippen LogP contribution is 2.34. The Hall–Kier alpha value is -2.13. The van der Waals surface area contributed by atoms with Gasteiger partial charge in [-0.1, -0.05) is 54.1 Å². The minimum atomic E-state index is -0.488. The summed E-state index contributed by atoms with van der Waals surface area (Å²) in [5.74, 6) is -0.280. The molecular formula is C18H16ClNO2. The average Bonchev–Trinajstić information content (AvgIpc) is 3.01. The molecule has 0 fully saturated rings. The second kappa shape index (κ2) is 6.32. The predicted molar refractivity (Wildman–Crippen MR) is 87.6 cm³/mol. The van der Waals surface area contributed by atoms with E-state index in [4.69, 9.17) is 16.3 Å². The second-order valence-electron chi connectivity index (χ2n) is 5.27. The summed E-state index contributed by atoms with van der Waals surface area (Å²) in [4.78, 5) is 16.7. The van der Waals surface area contributed by atoms with Crippen LogP contribution in [0, 0.1) is 0 Å². The fourth-order valence-corrected chi connectivity index (χ4v) is 2.93. The Bertz CT molecular complexity index is 695. The van der Waals surface area contributed by atoms with Crippen molar-refractivity contribution in [3.8, 4) is 0 Å². The molecule has 0 aromatic heterocycles. The maximum absolute atomic E-state index is 12.1. The van der Waals surface area contributed by atoms with Crippen molar-refractivity contribution in [2.75, 3.05) is 7.11 Å². The minimum absolute atomic E-state index is 0.0133. The topological polar surface area (TPSA) is 38.7 Å². The van der Waals surface area contributed by atoms with E-state index in [0.717, 1.165) is 16.8 Å². The molecule has 0 saturated carbocycles. The first-order valence-corrected chi connectivity index (χ1v) is 7.52. The van der Waals surface area contributed by atoms with Crippen molar-refractivity contribution >= 4 is 23.3 Å². The van der Waals surface area contributed by atoms with Crippen LogP contribution in [0.1, 0.15) is 23.5 Å². The Morgan fingerprint density at radius 3 is 2.45 bits per heavy atom. The van der Waals surface area contributed by atoms with Gasteiger partial charge in [0, 0.05) is 16.7 Å². The van der Waals surface area contributed by atoms with Crippen LogP contribution in [0.5, 0.6) is 0 Å². The number of carbonyl (C=O) groups excluding carboxylic acids is 1. The molecule has 1 aliphatic rings. The summed E-state index contributed by atoms with van der Waals surface area (Å²) in [7, 11) is 1.40. The SMILES string of the molecule is COC(=O)[C@@H]1N=C(c2ccc(Cl)cc2)C[C@@H]1c1ccccc1. The van der Waals surface area contributed by atoms with Gasteiger partial charge in [-0.25, -0.2) is 4.79 Å². The van der Waals surface area contributed by atoms with Crippen molar-refractivity contribution in [1.82, 2.24) is 0 Å². The Morgan fingerprint density at radius 1 is 1.14 bits per heavy atom. The van der Waals surface area contributed by atoms with Crippen LogP contribution in [0.3, 0.4) is 0 Å². The maximum atomic E-state index is 12.1. The molecule has 1 aliphatic heterocycles. The normalized spacial score (nSPS) is 20.5. The predicted octanol–water partition coefficient (Wildman–Crippen LogP) is 3.86. The van der Waals surface area contributed by atoms with Gasteiger partial charge in [-0.2, -0.15) is 0 Å². The van der Waals surface area contributed by atoms with Gasteiger partial charge in [0.05, 0.1) is 7.11 Å². The molecule has 0 radical (unpaired) electrons. The first-order valence-electron chi connectivity index (χ1n) is 7.14. The zero-order chi connectivity index (χ0) is 15.5. The molecule has 3 rings (SSSR count). The van der Waals surface area contributed by atoms with E-state index >= 15 is 0 Å². The van der Waals surface area contributed by atoms with E-state index in [1.165, 1.54) is 7.11 Å². The van der Waals surface area contributed by atoms with E-state index in [1.807, 2.05) is 54.6 Å². The summed E-state index contributed by atoms with van der Waals surface area (Å²) < 4.78 is 4.92. The van der Waals surface area contributed by atoms with Crippen molar-refractivity contribution in [3.05, 3.63) is 70.7 Å². The molecule has 2 aromatic rings. The van der Waals surface area contributed by atoms with Crippen LogP contribution in [0.25, 0.3) is 0 Å². The van der Waals surface area contributed by atoms with Crippen molar-refractivity contribution in [2.24, 2.45) is 4.99 Å². The molecule has 0 saturated heterocycles. The highest BCUT2D eigenvalue weighted by atomic mass is 35.5. The number of nitrogens with zero attached hydrogens (tertiary/aromatic N) is 1. The number of hydrogen-bond donors (Lipinski definition) is 0. The molecule has 4 heteroatoms. The zero-order valence-corrected chi connectivity index (χ0v) is 13.0. The molecule has 0 N–H and O–H groups in total. The largest absolute Gasteiger partial charge is 0.467 e. The first-order chi connectivity index (χ1) is 10.7. The summed E-state index contributed by atoms with van der Waals surface area (Å²) in [6.07, 6.45) is 0.714. The van der Waals surface area contributed by atoms with Crippen molar-refractivity contribution < 1.29 is 9.53 Å². The number of halogens is 1. The summed E-state index contributed by atoms with van der Waals surface area (Å²) >= 11 is 5.93. The van der Waals surface area contributed by atoms with Crippen LogP contribution in [-0.2, 0) is 9.53 Å². The summed E-state index contributed by atoms with van der Waals surface area (Å²) in [6, 6.07) is 17.0. The van der Waals surface area contributed by atoms with E-state index in [0.29, 0.717) is 11.4 Å². The molecule has 2 atom stereocenters. The van der Waals surface area contributed by atoms with Crippen LogP contribution < -0.4 is 0 Å². The number of rotatable bonds is 3. The van der Waals surface area contributed by atoms with E-state index in [-0.39, 0.29) is 11.9 Å². The lowest BCUT2D eigenvalue weighted by molar-refractivity contribution is -0.142. The number of benzene rings is 2. The monoisotopic (exact) mass is 313 g/mol. The molecule has 0 unspecified atom stereocenters. The lowest BCUT2D eigenvalue weighted by Crippen LogP contribution is -2.24. The molecule has 0 aliphatic carbocycles.